The Kier molecular flexibility index (Phi) is 4.62. The van der Waals surface area contributed by atoms with Crippen molar-refractivity contribution in [2.45, 2.75) is 24.4 Å². The topological polar surface area (TPSA) is 70.2 Å². The monoisotopic (exact) mass is 293 g/mol. The van der Waals surface area contributed by atoms with Crippen molar-refractivity contribution in [3.05, 3.63) is 46.3 Å². The van der Waals surface area contributed by atoms with Crippen molar-refractivity contribution >= 4 is 17.4 Å². The maximum Gasteiger partial charge on any atom is 0.270 e. The number of benzene rings is 1. The number of nitrogens with zero attached hydrogens (tertiary/aromatic N) is 3. The van der Waals surface area contributed by atoms with Crippen LogP contribution in [0.2, 0.25) is 0 Å². The number of thioether (sulfide) groups is 1. The van der Waals surface area contributed by atoms with E-state index in [1.807, 2.05) is 17.7 Å². The van der Waals surface area contributed by atoms with Gasteiger partial charge in [0.05, 0.1) is 12.0 Å². The summed E-state index contributed by atoms with van der Waals surface area (Å²) >= 11 is 1.53. The van der Waals surface area contributed by atoms with Crippen molar-refractivity contribution in [3.8, 4) is 5.75 Å². The largest absolute Gasteiger partial charge is 0.496 e. The number of methoxy groups -OCH3 is 1. The van der Waals surface area contributed by atoms with Gasteiger partial charge in [-0.05, 0) is 13.0 Å². The second-order valence-corrected chi connectivity index (χ2v) is 4.98. The normalized spacial score (nSPS) is 10.5. The molecule has 0 fully saturated rings. The van der Waals surface area contributed by atoms with E-state index >= 15 is 0 Å². The van der Waals surface area contributed by atoms with Crippen molar-refractivity contribution in [2.75, 3.05) is 7.11 Å². The van der Waals surface area contributed by atoms with Gasteiger partial charge >= 0.3 is 0 Å². The third-order valence-corrected chi connectivity index (χ3v) is 3.90. The number of rotatable bonds is 6. The number of non-ortho nitro benzene ring substituents is 1. The van der Waals surface area contributed by atoms with E-state index in [0.717, 1.165) is 17.3 Å². The molecule has 0 aliphatic carbocycles. The summed E-state index contributed by atoms with van der Waals surface area (Å²) in [6.45, 7) is 2.88. The summed E-state index contributed by atoms with van der Waals surface area (Å²) in [5.74, 6) is 1.22. The van der Waals surface area contributed by atoms with Crippen LogP contribution in [0.3, 0.4) is 0 Å². The summed E-state index contributed by atoms with van der Waals surface area (Å²) in [6.07, 6.45) is 3.66. The smallest absolute Gasteiger partial charge is 0.270 e. The molecule has 0 aliphatic rings. The summed E-state index contributed by atoms with van der Waals surface area (Å²) in [5.41, 5.74) is 0.859. The van der Waals surface area contributed by atoms with Crippen LogP contribution in [0.1, 0.15) is 12.5 Å². The minimum Gasteiger partial charge on any atom is -0.496 e. The molecule has 0 saturated carbocycles. The van der Waals surface area contributed by atoms with Gasteiger partial charge in [0.15, 0.2) is 5.16 Å². The first kappa shape index (κ1) is 14.4. The van der Waals surface area contributed by atoms with Crippen LogP contribution in [0, 0.1) is 10.1 Å². The fourth-order valence-corrected chi connectivity index (χ4v) is 2.81. The number of aromatic nitrogens is 2. The van der Waals surface area contributed by atoms with Crippen LogP contribution >= 0.6 is 11.8 Å². The predicted octanol–water partition coefficient (Wildman–Crippen LogP) is 3.11. The zero-order valence-corrected chi connectivity index (χ0v) is 12.1. The second kappa shape index (κ2) is 6.42. The van der Waals surface area contributed by atoms with E-state index in [9.17, 15) is 10.1 Å². The maximum absolute atomic E-state index is 10.8. The molecule has 106 valence electrons. The lowest BCUT2D eigenvalue weighted by molar-refractivity contribution is -0.384. The molecule has 6 nitrogen and oxygen atoms in total. The summed E-state index contributed by atoms with van der Waals surface area (Å²) < 4.78 is 7.27. The zero-order valence-electron chi connectivity index (χ0n) is 11.3. The van der Waals surface area contributed by atoms with Gasteiger partial charge in [-0.1, -0.05) is 11.8 Å². The number of hydrogen-bond donors (Lipinski definition) is 0. The Morgan fingerprint density at radius 2 is 2.30 bits per heavy atom. The van der Waals surface area contributed by atoms with Gasteiger partial charge in [-0.3, -0.25) is 10.1 Å². The van der Waals surface area contributed by atoms with Crippen LogP contribution in [-0.2, 0) is 12.3 Å². The SMILES string of the molecule is CCn1ccnc1SCc1cc([N+](=O)[O-])ccc1OC. The summed E-state index contributed by atoms with van der Waals surface area (Å²) in [7, 11) is 1.56. The molecule has 0 radical (unpaired) electrons. The van der Waals surface area contributed by atoms with Crippen molar-refractivity contribution in [1.82, 2.24) is 9.55 Å². The first-order chi connectivity index (χ1) is 9.65. The number of aryl methyl sites for hydroxylation is 1. The number of hydrogen-bond acceptors (Lipinski definition) is 5. The molecule has 2 aromatic rings. The van der Waals surface area contributed by atoms with Gasteiger partial charge in [-0.15, -0.1) is 0 Å². The molecular weight excluding hydrogens is 278 g/mol. The number of imidazole rings is 1. The van der Waals surface area contributed by atoms with E-state index in [-0.39, 0.29) is 5.69 Å². The Balaban J connectivity index is 2.19. The second-order valence-electron chi connectivity index (χ2n) is 4.04. The van der Waals surface area contributed by atoms with E-state index in [2.05, 4.69) is 4.98 Å². The molecule has 0 spiro atoms. The third kappa shape index (κ3) is 3.11. The Bertz CT molecular complexity index is 613. The highest BCUT2D eigenvalue weighted by Gasteiger charge is 2.12. The van der Waals surface area contributed by atoms with Gasteiger partial charge in [0.2, 0.25) is 0 Å². The van der Waals surface area contributed by atoms with Gasteiger partial charge in [0.25, 0.3) is 5.69 Å². The van der Waals surface area contributed by atoms with Crippen LogP contribution < -0.4 is 4.74 Å². The molecule has 0 bridgehead atoms. The molecule has 0 amide bonds. The standard InChI is InChI=1S/C13H15N3O3S/c1-3-15-7-6-14-13(15)20-9-10-8-11(16(17)18)4-5-12(10)19-2/h4-8H,3,9H2,1-2H3. The van der Waals surface area contributed by atoms with E-state index in [0.29, 0.717) is 11.5 Å². The Morgan fingerprint density at radius 1 is 1.50 bits per heavy atom. The van der Waals surface area contributed by atoms with Crippen molar-refractivity contribution < 1.29 is 9.66 Å². The minimum absolute atomic E-state index is 0.0697. The molecule has 0 unspecified atom stereocenters. The lowest BCUT2D eigenvalue weighted by Gasteiger charge is -2.08. The Morgan fingerprint density at radius 3 is 2.95 bits per heavy atom. The molecule has 1 heterocycles. The average molecular weight is 293 g/mol. The summed E-state index contributed by atoms with van der Waals surface area (Å²) in [4.78, 5) is 14.7. The lowest BCUT2D eigenvalue weighted by atomic mass is 10.2. The predicted molar refractivity (Wildman–Crippen MR) is 77.1 cm³/mol. The fourth-order valence-electron chi connectivity index (χ4n) is 1.81. The molecule has 0 aliphatic heterocycles. The van der Waals surface area contributed by atoms with Crippen molar-refractivity contribution in [2.24, 2.45) is 0 Å². The van der Waals surface area contributed by atoms with Gasteiger partial charge in [-0.25, -0.2) is 4.98 Å². The average Bonchev–Trinajstić information content (AvgIpc) is 2.92. The molecule has 0 atom stereocenters. The van der Waals surface area contributed by atoms with Gasteiger partial charge in [0.1, 0.15) is 5.75 Å². The number of nitro groups is 1. The fraction of sp³-hybridized carbons (Fsp3) is 0.308. The van der Waals surface area contributed by atoms with Crippen LogP contribution in [0.5, 0.6) is 5.75 Å². The van der Waals surface area contributed by atoms with Crippen LogP contribution in [0.4, 0.5) is 5.69 Å². The first-order valence-electron chi connectivity index (χ1n) is 6.11. The Hall–Kier alpha value is -2.02. The molecule has 20 heavy (non-hydrogen) atoms. The quantitative estimate of drug-likeness (QED) is 0.465. The summed E-state index contributed by atoms with van der Waals surface area (Å²) in [6, 6.07) is 4.62. The van der Waals surface area contributed by atoms with Crippen LogP contribution in [-0.4, -0.2) is 21.6 Å². The van der Waals surface area contributed by atoms with E-state index in [1.54, 1.807) is 25.4 Å². The zero-order chi connectivity index (χ0) is 14.5. The van der Waals surface area contributed by atoms with Crippen LogP contribution in [0.15, 0.2) is 35.7 Å². The summed E-state index contributed by atoms with van der Waals surface area (Å²) in [5, 5.41) is 11.7. The molecular formula is C13H15N3O3S. The van der Waals surface area contributed by atoms with Gasteiger partial charge in [0, 0.05) is 42.4 Å². The Labute approximate surface area is 120 Å². The van der Waals surface area contributed by atoms with E-state index in [4.69, 9.17) is 4.74 Å². The first-order valence-corrected chi connectivity index (χ1v) is 7.09. The third-order valence-electron chi connectivity index (χ3n) is 2.85. The van der Waals surface area contributed by atoms with Gasteiger partial charge in [-0.2, -0.15) is 0 Å². The molecule has 2 rings (SSSR count). The molecule has 1 aromatic heterocycles. The van der Waals surface area contributed by atoms with Crippen molar-refractivity contribution in [3.63, 3.8) is 0 Å². The molecule has 0 N–H and O–H groups in total. The molecule has 0 saturated heterocycles. The van der Waals surface area contributed by atoms with Crippen molar-refractivity contribution in [1.29, 1.82) is 0 Å². The maximum atomic E-state index is 10.8. The molecule has 7 heteroatoms. The van der Waals surface area contributed by atoms with E-state index < -0.39 is 4.92 Å². The van der Waals surface area contributed by atoms with Gasteiger partial charge < -0.3 is 9.30 Å². The lowest BCUT2D eigenvalue weighted by Crippen LogP contribution is -1.97. The van der Waals surface area contributed by atoms with Crippen LogP contribution in [0.25, 0.3) is 0 Å². The highest BCUT2D eigenvalue weighted by molar-refractivity contribution is 7.98. The number of ether oxygens (including phenoxy) is 1. The highest BCUT2D eigenvalue weighted by atomic mass is 32.2. The highest BCUT2D eigenvalue weighted by Crippen LogP contribution is 2.30. The van der Waals surface area contributed by atoms with E-state index in [1.165, 1.54) is 17.8 Å². The number of nitro benzene ring substituents is 1. The molecule has 1 aromatic carbocycles. The minimum atomic E-state index is -0.402.